The second-order valence-corrected chi connectivity index (χ2v) is 13.2. The van der Waals surface area contributed by atoms with E-state index >= 15 is 0 Å². The van der Waals surface area contributed by atoms with E-state index in [-0.39, 0.29) is 5.91 Å². The molecule has 3 nitrogen and oxygen atoms in total. The highest BCUT2D eigenvalue weighted by atomic mass is 35.5. The highest BCUT2D eigenvalue weighted by Crippen LogP contribution is 2.65. The van der Waals surface area contributed by atoms with Crippen LogP contribution in [0.2, 0.25) is 5.02 Å². The normalized spacial score (nSPS) is 19.8. The molecular weight excluding hydrogens is 473 g/mol. The average molecular weight is 500 g/mol. The zero-order chi connectivity index (χ0) is 24.6. The van der Waals surface area contributed by atoms with Crippen molar-refractivity contribution in [3.05, 3.63) is 120 Å². The summed E-state index contributed by atoms with van der Waals surface area (Å²) in [5.74, 6) is -0.0821. The second kappa shape index (κ2) is 9.24. The molecule has 5 heteroatoms. The summed E-state index contributed by atoms with van der Waals surface area (Å²) < 4.78 is 0. The van der Waals surface area contributed by atoms with Gasteiger partial charge in [0, 0.05) is 17.6 Å². The molecule has 4 aromatic carbocycles. The van der Waals surface area contributed by atoms with Gasteiger partial charge in [0.1, 0.15) is 23.2 Å². The molecule has 1 heterocycles. The first kappa shape index (κ1) is 23.8. The minimum absolute atomic E-state index is 0.0821. The molecule has 4 aromatic rings. The molecule has 176 valence electrons. The molecule has 0 saturated heterocycles. The number of carbonyl (C=O) groups excluding carboxylic acids is 1. The highest BCUT2D eigenvalue weighted by Gasteiger charge is 2.58. The van der Waals surface area contributed by atoms with Crippen molar-refractivity contribution in [3.8, 4) is 0 Å². The molecule has 0 aliphatic carbocycles. The van der Waals surface area contributed by atoms with Gasteiger partial charge in [-0.1, -0.05) is 73.1 Å². The monoisotopic (exact) mass is 499 g/mol. The summed E-state index contributed by atoms with van der Waals surface area (Å²) in [6.45, 7) is 3.67. The van der Waals surface area contributed by atoms with Crippen molar-refractivity contribution in [2.45, 2.75) is 25.1 Å². The van der Waals surface area contributed by atoms with Gasteiger partial charge >= 0.3 is 0 Å². The average Bonchev–Trinajstić information content (AvgIpc) is 2.88. The van der Waals surface area contributed by atoms with Gasteiger partial charge in [-0.05, 0) is 65.8 Å². The van der Waals surface area contributed by atoms with Crippen LogP contribution in [0, 0.1) is 0 Å². The minimum Gasteiger partial charge on any atom is -0.843 e. The lowest BCUT2D eigenvalue weighted by Gasteiger charge is -2.54. The van der Waals surface area contributed by atoms with Crippen LogP contribution in [-0.4, -0.2) is 18.1 Å². The van der Waals surface area contributed by atoms with Gasteiger partial charge in [0.15, 0.2) is 0 Å². The Bertz CT molecular complexity index is 1250. The Balaban J connectivity index is 1.90. The van der Waals surface area contributed by atoms with E-state index in [1.165, 1.54) is 0 Å². The van der Waals surface area contributed by atoms with Crippen LogP contribution in [0.15, 0.2) is 109 Å². The van der Waals surface area contributed by atoms with E-state index in [1.54, 1.807) is 36.9 Å². The molecule has 0 radical (unpaired) electrons. The van der Waals surface area contributed by atoms with Gasteiger partial charge in [-0.25, -0.2) is 0 Å². The summed E-state index contributed by atoms with van der Waals surface area (Å²) in [6, 6.07) is 36.3. The maximum atomic E-state index is 15.0. The Morgan fingerprint density at radius 2 is 1.31 bits per heavy atom. The molecule has 2 atom stereocenters. The van der Waals surface area contributed by atoms with Crippen molar-refractivity contribution in [2.75, 3.05) is 11.4 Å². The Kier molecular flexibility index (Phi) is 6.27. The number of halogens is 1. The van der Waals surface area contributed by atoms with Crippen LogP contribution in [0.3, 0.4) is 0 Å². The quantitative estimate of drug-likeness (QED) is 0.384. The lowest BCUT2D eigenvalue weighted by atomic mass is 9.86. The van der Waals surface area contributed by atoms with Crippen LogP contribution >= 0.6 is 18.9 Å². The fourth-order valence-electron chi connectivity index (χ4n) is 5.53. The first-order chi connectivity index (χ1) is 16.9. The first-order valence-corrected chi connectivity index (χ1v) is 13.9. The molecule has 0 bridgehead atoms. The van der Waals surface area contributed by atoms with Crippen LogP contribution in [0.25, 0.3) is 0 Å². The van der Waals surface area contributed by atoms with E-state index in [0.29, 0.717) is 22.8 Å². The van der Waals surface area contributed by atoms with Crippen molar-refractivity contribution >= 4 is 46.4 Å². The van der Waals surface area contributed by atoms with E-state index in [4.69, 9.17) is 11.6 Å². The molecule has 1 aliphatic heterocycles. The van der Waals surface area contributed by atoms with Gasteiger partial charge in [-0.3, -0.25) is 4.79 Å². The molecule has 1 aliphatic rings. The first-order valence-electron chi connectivity index (χ1n) is 11.7. The molecule has 0 N–H and O–H groups in total. The number of nitrogens with zero attached hydrogens (tertiary/aromatic N) is 1. The molecule has 35 heavy (non-hydrogen) atoms. The second-order valence-electron chi connectivity index (χ2n) is 9.14. The van der Waals surface area contributed by atoms with Crippen molar-refractivity contribution in [1.82, 2.24) is 0 Å². The lowest BCUT2D eigenvalue weighted by molar-refractivity contribution is -0.481. The summed E-state index contributed by atoms with van der Waals surface area (Å²) in [4.78, 5) is 14.7. The summed E-state index contributed by atoms with van der Waals surface area (Å²) in [6.07, 6.45) is 0. The fraction of sp³-hybridized carbons (Fsp3) is 0.167. The van der Waals surface area contributed by atoms with Gasteiger partial charge in [0.2, 0.25) is 5.91 Å². The van der Waals surface area contributed by atoms with Gasteiger partial charge in [-0.2, -0.15) is 0 Å². The number of rotatable bonds is 4. The fourth-order valence-corrected chi connectivity index (χ4v) is 10.9. The minimum atomic E-state index is -2.55. The molecule has 2 unspecified atom stereocenters. The zero-order valence-corrected chi connectivity index (χ0v) is 21.4. The molecule has 0 fully saturated rings. The summed E-state index contributed by atoms with van der Waals surface area (Å²) in [7, 11) is -2.55. The van der Waals surface area contributed by atoms with Crippen molar-refractivity contribution < 1.29 is 9.90 Å². The van der Waals surface area contributed by atoms with Crippen LogP contribution < -0.4 is 25.9 Å². The van der Waals surface area contributed by atoms with Crippen LogP contribution in [0.1, 0.15) is 19.4 Å². The predicted molar refractivity (Wildman–Crippen MR) is 146 cm³/mol. The Labute approximate surface area is 212 Å². The zero-order valence-electron chi connectivity index (χ0n) is 19.8. The molecule has 5 rings (SSSR count). The molecule has 0 aromatic heterocycles. The third-order valence-electron chi connectivity index (χ3n) is 7.11. The van der Waals surface area contributed by atoms with Crippen LogP contribution in [0.5, 0.6) is 0 Å². The number of hydrogen-bond acceptors (Lipinski definition) is 2. The smallest absolute Gasteiger partial charge is 0.224 e. The largest absolute Gasteiger partial charge is 0.843 e. The van der Waals surface area contributed by atoms with Crippen molar-refractivity contribution in [3.63, 3.8) is 0 Å². The maximum absolute atomic E-state index is 15.0. The van der Waals surface area contributed by atoms with E-state index < -0.39 is 18.5 Å². The third-order valence-corrected chi connectivity index (χ3v) is 12.3. The Morgan fingerprint density at radius 1 is 0.857 bits per heavy atom. The van der Waals surface area contributed by atoms with Crippen LogP contribution in [0.4, 0.5) is 5.69 Å². The van der Waals surface area contributed by atoms with Gasteiger partial charge in [0.05, 0.1) is 12.2 Å². The number of anilines is 1. The SMILES string of the molecule is CC(=O)N1CC([P+](c2ccccc2)(c2ccccc2)c2ccccc2)C(C)([O-])c2cc(Cl)ccc21. The maximum Gasteiger partial charge on any atom is 0.224 e. The van der Waals surface area contributed by atoms with Crippen molar-refractivity contribution in [1.29, 1.82) is 0 Å². The Morgan fingerprint density at radius 3 is 1.74 bits per heavy atom. The highest BCUT2D eigenvalue weighted by molar-refractivity contribution is 7.96. The lowest BCUT2D eigenvalue weighted by Crippen LogP contribution is -2.62. The summed E-state index contributed by atoms with van der Waals surface area (Å²) in [5, 5.41) is 18.9. The third kappa shape index (κ3) is 3.89. The molecule has 1 amide bonds. The number of fused-ring (bicyclic) bond motifs is 1. The van der Waals surface area contributed by atoms with Gasteiger partial charge in [0.25, 0.3) is 0 Å². The summed E-state index contributed by atoms with van der Waals surface area (Å²) >= 11 is 6.41. The van der Waals surface area contributed by atoms with E-state index in [9.17, 15) is 9.90 Å². The number of benzene rings is 4. The topological polar surface area (TPSA) is 43.4 Å². The standard InChI is InChI=1S/C30H27ClNO2P/c1-22(33)32-21-29(30(2,34)27-20-23(31)18-19-28(27)32)35(24-12-6-3-7-13-24,25-14-8-4-9-15-25)26-16-10-5-11-17-26/h3-20,29H,21H2,1-2H3. The van der Waals surface area contributed by atoms with E-state index in [2.05, 4.69) is 36.4 Å². The van der Waals surface area contributed by atoms with E-state index in [1.807, 2.05) is 54.6 Å². The number of carbonyl (C=O) groups is 1. The van der Waals surface area contributed by atoms with Gasteiger partial charge < -0.3 is 10.0 Å². The van der Waals surface area contributed by atoms with E-state index in [0.717, 1.165) is 15.9 Å². The summed E-state index contributed by atoms with van der Waals surface area (Å²) in [5.41, 5.74) is -0.690. The molecular formula is C30H27ClNO2P. The Hall–Kier alpha value is -2.97. The number of hydrogen-bond donors (Lipinski definition) is 0. The van der Waals surface area contributed by atoms with Crippen molar-refractivity contribution in [2.24, 2.45) is 0 Å². The van der Waals surface area contributed by atoms with Gasteiger partial charge in [-0.15, -0.1) is 0 Å². The number of amides is 1. The predicted octanol–water partition coefficient (Wildman–Crippen LogP) is 4.64. The molecule has 0 spiro atoms. The molecule has 0 saturated carbocycles. The van der Waals surface area contributed by atoms with Crippen LogP contribution in [-0.2, 0) is 10.4 Å².